The molecule has 5 nitrogen and oxygen atoms in total. The summed E-state index contributed by atoms with van der Waals surface area (Å²) in [6.45, 7) is 4.36. The van der Waals surface area contributed by atoms with Gasteiger partial charge in [-0.25, -0.2) is 9.67 Å². The maximum absolute atomic E-state index is 11.2. The number of rotatable bonds is 4. The van der Waals surface area contributed by atoms with Crippen LogP contribution in [0.1, 0.15) is 30.5 Å². The molecule has 0 spiro atoms. The highest BCUT2D eigenvalue weighted by atomic mass is 16.4. The Labute approximate surface area is 167 Å². The lowest BCUT2D eigenvalue weighted by Gasteiger charge is -2.32. The highest BCUT2D eigenvalue weighted by molar-refractivity contribution is 5.43. The molecule has 1 heterocycles. The molecule has 0 aliphatic heterocycles. The summed E-state index contributed by atoms with van der Waals surface area (Å²) in [5.74, 6) is 6.32. The van der Waals surface area contributed by atoms with Crippen LogP contribution in [0.25, 0.3) is 0 Å². The first-order valence-corrected chi connectivity index (χ1v) is 9.12. The Morgan fingerprint density at radius 3 is 2.07 bits per heavy atom. The molecule has 0 fully saturated rings. The number of methoxy groups -OCH3 is 1. The molecule has 5 heteroatoms. The van der Waals surface area contributed by atoms with E-state index in [-0.39, 0.29) is 5.92 Å². The second-order valence-corrected chi connectivity index (χ2v) is 6.77. The van der Waals surface area contributed by atoms with Gasteiger partial charge in [-0.1, -0.05) is 56.0 Å². The average molecular weight is 377 g/mol. The molecule has 0 amide bonds. The number of benzene rings is 2. The van der Waals surface area contributed by atoms with Crippen molar-refractivity contribution in [2.24, 2.45) is 5.92 Å². The zero-order valence-electron chi connectivity index (χ0n) is 16.8. The van der Waals surface area contributed by atoms with Crippen molar-refractivity contribution in [1.29, 1.82) is 0 Å². The third-order valence-corrected chi connectivity index (χ3v) is 4.33. The van der Waals surface area contributed by atoms with Crippen molar-refractivity contribution in [3.8, 4) is 11.8 Å². The third kappa shape index (κ3) is 5.78. The van der Waals surface area contributed by atoms with Crippen LogP contribution in [-0.4, -0.2) is 34.1 Å². The molecule has 1 atom stereocenters. The first kappa shape index (κ1) is 21.4. The monoisotopic (exact) mass is 377 g/mol. The second kappa shape index (κ2) is 10.4. The lowest BCUT2D eigenvalue weighted by Crippen LogP contribution is -2.37. The molecular formula is C23H27N3O2. The first-order valence-electron chi connectivity index (χ1n) is 9.12. The number of aliphatic hydroxyl groups is 1. The average Bonchev–Trinajstić information content (AvgIpc) is 3.21. The lowest BCUT2D eigenvalue weighted by molar-refractivity contribution is -0.0295. The Balaban J connectivity index is 0.000000878. The molecule has 0 saturated carbocycles. The minimum Gasteiger partial charge on any atom is -0.388 e. The molecule has 0 radical (unpaired) electrons. The fourth-order valence-electron chi connectivity index (χ4n) is 2.68. The summed E-state index contributed by atoms with van der Waals surface area (Å²) < 4.78 is 5.91. The Kier molecular flexibility index (Phi) is 7.94. The van der Waals surface area contributed by atoms with E-state index in [2.05, 4.69) is 26.7 Å². The summed E-state index contributed by atoms with van der Waals surface area (Å²) >= 11 is 0. The zero-order chi connectivity index (χ0) is 20.4. The van der Waals surface area contributed by atoms with Crippen LogP contribution in [0.5, 0.6) is 0 Å². The summed E-state index contributed by atoms with van der Waals surface area (Å²) in [6.07, 6.45) is 3.09. The molecule has 2 aromatic carbocycles. The van der Waals surface area contributed by atoms with E-state index in [9.17, 15) is 5.11 Å². The van der Waals surface area contributed by atoms with E-state index in [0.717, 1.165) is 16.7 Å². The van der Waals surface area contributed by atoms with Crippen LogP contribution >= 0.6 is 0 Å². The minimum atomic E-state index is -1.01. The van der Waals surface area contributed by atoms with Crippen molar-refractivity contribution in [2.45, 2.75) is 26.0 Å². The van der Waals surface area contributed by atoms with Gasteiger partial charge in [0.05, 0.1) is 6.54 Å². The maximum atomic E-state index is 11.2. The topological polar surface area (TPSA) is 60.2 Å². The molecule has 3 aromatic rings. The number of nitrogens with zero attached hydrogens (tertiary/aromatic N) is 3. The normalized spacial score (nSPS) is 12.4. The van der Waals surface area contributed by atoms with Crippen LogP contribution in [0.3, 0.4) is 0 Å². The van der Waals surface area contributed by atoms with E-state index in [0.29, 0.717) is 6.54 Å². The van der Waals surface area contributed by atoms with Crippen molar-refractivity contribution < 1.29 is 9.84 Å². The van der Waals surface area contributed by atoms with Gasteiger partial charge in [-0.2, -0.15) is 5.10 Å². The summed E-state index contributed by atoms with van der Waals surface area (Å²) in [4.78, 5) is 3.95. The highest BCUT2D eigenvalue weighted by Gasteiger charge is 2.34. The Bertz CT molecular complexity index is 879. The summed E-state index contributed by atoms with van der Waals surface area (Å²) in [6, 6.07) is 17.6. The number of aromatic nitrogens is 3. The van der Waals surface area contributed by atoms with Gasteiger partial charge in [-0.3, -0.25) is 0 Å². The van der Waals surface area contributed by atoms with Crippen LogP contribution in [0.2, 0.25) is 0 Å². The van der Waals surface area contributed by atoms with Crippen molar-refractivity contribution in [1.82, 2.24) is 14.8 Å². The first-order chi connectivity index (χ1) is 13.5. The fraction of sp³-hybridized carbons (Fsp3) is 0.304. The van der Waals surface area contributed by atoms with Gasteiger partial charge in [0.15, 0.2) is 0 Å². The standard InChI is InChI=1S/C21H21N3O.C2H6O/c1-17(2)21(25,14-24-16-22-15-23-24)20-12-10-19(11-13-20)9-8-18-6-4-3-5-7-18;1-3-2/h3-7,10-13,15-17,25H,14H2,1-2H3;1-2H3. The van der Waals surface area contributed by atoms with Gasteiger partial charge >= 0.3 is 0 Å². The van der Waals surface area contributed by atoms with E-state index < -0.39 is 5.60 Å². The van der Waals surface area contributed by atoms with Crippen LogP contribution in [0, 0.1) is 17.8 Å². The van der Waals surface area contributed by atoms with Gasteiger partial charge in [0.2, 0.25) is 0 Å². The predicted molar refractivity (Wildman–Crippen MR) is 111 cm³/mol. The molecule has 1 N–H and O–H groups in total. The van der Waals surface area contributed by atoms with Gasteiger partial charge in [0.1, 0.15) is 18.3 Å². The quantitative estimate of drug-likeness (QED) is 0.707. The Morgan fingerprint density at radius 2 is 1.57 bits per heavy atom. The van der Waals surface area contributed by atoms with Gasteiger partial charge in [0.25, 0.3) is 0 Å². The van der Waals surface area contributed by atoms with E-state index in [1.54, 1.807) is 25.2 Å². The van der Waals surface area contributed by atoms with Gasteiger partial charge < -0.3 is 9.84 Å². The summed E-state index contributed by atoms with van der Waals surface area (Å²) in [5, 5.41) is 15.3. The minimum absolute atomic E-state index is 0.0259. The van der Waals surface area contributed by atoms with E-state index >= 15 is 0 Å². The van der Waals surface area contributed by atoms with Gasteiger partial charge in [0, 0.05) is 25.3 Å². The molecular weight excluding hydrogens is 350 g/mol. The molecule has 3 rings (SSSR count). The number of hydrogen-bond acceptors (Lipinski definition) is 4. The highest BCUT2D eigenvalue weighted by Crippen LogP contribution is 2.31. The van der Waals surface area contributed by atoms with Crippen LogP contribution in [0.15, 0.2) is 67.3 Å². The SMILES string of the molecule is CC(C)C(O)(Cn1cncn1)c1ccc(C#Cc2ccccc2)cc1.COC. The zero-order valence-corrected chi connectivity index (χ0v) is 16.8. The molecule has 146 valence electrons. The molecule has 28 heavy (non-hydrogen) atoms. The van der Waals surface area contributed by atoms with Gasteiger partial charge in [-0.15, -0.1) is 0 Å². The number of ether oxygens (including phenoxy) is 1. The van der Waals surface area contributed by atoms with Crippen molar-refractivity contribution in [2.75, 3.05) is 14.2 Å². The lowest BCUT2D eigenvalue weighted by atomic mass is 9.83. The van der Waals surface area contributed by atoms with Crippen LogP contribution in [0.4, 0.5) is 0 Å². The second-order valence-electron chi connectivity index (χ2n) is 6.77. The molecule has 0 bridgehead atoms. The molecule has 0 saturated heterocycles. The van der Waals surface area contributed by atoms with Crippen LogP contribution < -0.4 is 0 Å². The largest absolute Gasteiger partial charge is 0.388 e. The molecule has 0 aliphatic carbocycles. The third-order valence-electron chi connectivity index (χ3n) is 4.33. The fourth-order valence-corrected chi connectivity index (χ4v) is 2.68. The van der Waals surface area contributed by atoms with Crippen LogP contribution in [-0.2, 0) is 16.9 Å². The van der Waals surface area contributed by atoms with Gasteiger partial charge in [-0.05, 0) is 35.7 Å². The molecule has 0 aliphatic rings. The Hall–Kier alpha value is -2.94. The van der Waals surface area contributed by atoms with E-state index in [4.69, 9.17) is 0 Å². The Morgan fingerprint density at radius 1 is 1.00 bits per heavy atom. The van der Waals surface area contributed by atoms with Crippen molar-refractivity contribution >= 4 is 0 Å². The molecule has 1 aromatic heterocycles. The maximum Gasteiger partial charge on any atom is 0.137 e. The summed E-state index contributed by atoms with van der Waals surface area (Å²) in [7, 11) is 3.25. The van der Waals surface area contributed by atoms with Crippen molar-refractivity contribution in [3.05, 3.63) is 83.9 Å². The van der Waals surface area contributed by atoms with E-state index in [1.165, 1.54) is 6.33 Å². The molecule has 1 unspecified atom stereocenters. The van der Waals surface area contributed by atoms with Crippen molar-refractivity contribution in [3.63, 3.8) is 0 Å². The van der Waals surface area contributed by atoms with E-state index in [1.807, 2.05) is 68.4 Å². The number of hydrogen-bond donors (Lipinski definition) is 1. The predicted octanol–water partition coefficient (Wildman–Crippen LogP) is 3.48. The summed E-state index contributed by atoms with van der Waals surface area (Å²) in [5.41, 5.74) is 1.73. The smallest absolute Gasteiger partial charge is 0.137 e.